The Labute approximate surface area is 85.9 Å². The quantitative estimate of drug-likeness (QED) is 0.651. The molecule has 1 aliphatic rings. The van der Waals surface area contributed by atoms with Crippen molar-refractivity contribution in [3.8, 4) is 0 Å². The fraction of sp³-hybridized carbons (Fsp3) is 1.00. The molecule has 14 heavy (non-hydrogen) atoms. The van der Waals surface area contributed by atoms with Crippen LogP contribution in [-0.4, -0.2) is 45.7 Å². The lowest BCUT2D eigenvalue weighted by molar-refractivity contribution is 0.127. The standard InChI is InChI=1S/C9H19NO3S/c1-2-10-5-7-14(11,12)8-9-4-3-6-13-9/h9-10H,2-8H2,1H3. The predicted molar refractivity (Wildman–Crippen MR) is 56.2 cm³/mol. The van der Waals surface area contributed by atoms with E-state index in [1.54, 1.807) is 0 Å². The van der Waals surface area contributed by atoms with Gasteiger partial charge in [-0.2, -0.15) is 0 Å². The van der Waals surface area contributed by atoms with Gasteiger partial charge in [-0.25, -0.2) is 8.42 Å². The fourth-order valence-corrected chi connectivity index (χ4v) is 3.00. The van der Waals surface area contributed by atoms with Gasteiger partial charge >= 0.3 is 0 Å². The minimum atomic E-state index is -2.92. The Kier molecular flexibility index (Phi) is 4.84. The first-order valence-corrected chi connectivity index (χ1v) is 6.99. The van der Waals surface area contributed by atoms with Crippen molar-refractivity contribution in [2.45, 2.75) is 25.9 Å². The van der Waals surface area contributed by atoms with Gasteiger partial charge in [0.25, 0.3) is 0 Å². The highest BCUT2D eigenvalue weighted by Gasteiger charge is 2.22. The van der Waals surface area contributed by atoms with Crippen LogP contribution in [0.3, 0.4) is 0 Å². The first-order valence-electron chi connectivity index (χ1n) is 5.17. The lowest BCUT2D eigenvalue weighted by Gasteiger charge is -2.09. The van der Waals surface area contributed by atoms with Crippen LogP contribution in [0.25, 0.3) is 0 Å². The Morgan fingerprint density at radius 2 is 2.29 bits per heavy atom. The van der Waals surface area contributed by atoms with E-state index in [4.69, 9.17) is 4.74 Å². The highest BCUT2D eigenvalue weighted by molar-refractivity contribution is 7.91. The van der Waals surface area contributed by atoms with Crippen molar-refractivity contribution < 1.29 is 13.2 Å². The largest absolute Gasteiger partial charge is 0.377 e. The van der Waals surface area contributed by atoms with Crippen molar-refractivity contribution in [3.05, 3.63) is 0 Å². The fourth-order valence-electron chi connectivity index (χ4n) is 1.55. The SMILES string of the molecule is CCNCCS(=O)(=O)CC1CCCO1. The third-order valence-electron chi connectivity index (χ3n) is 2.30. The summed E-state index contributed by atoms with van der Waals surface area (Å²) in [5, 5.41) is 3.01. The average molecular weight is 221 g/mol. The molecule has 0 aromatic heterocycles. The van der Waals surface area contributed by atoms with Gasteiger partial charge in [-0.05, 0) is 19.4 Å². The lowest BCUT2D eigenvalue weighted by Crippen LogP contribution is -2.28. The molecule has 1 fully saturated rings. The van der Waals surface area contributed by atoms with Gasteiger partial charge in [-0.3, -0.25) is 0 Å². The maximum atomic E-state index is 11.5. The van der Waals surface area contributed by atoms with Crippen LogP contribution in [0.2, 0.25) is 0 Å². The molecule has 0 bridgehead atoms. The minimum absolute atomic E-state index is 0.0540. The van der Waals surface area contributed by atoms with E-state index in [1.807, 2.05) is 6.92 Å². The van der Waals surface area contributed by atoms with Crippen molar-refractivity contribution in [1.29, 1.82) is 0 Å². The molecule has 0 saturated carbocycles. The second-order valence-electron chi connectivity index (χ2n) is 3.60. The molecule has 0 amide bonds. The summed E-state index contributed by atoms with van der Waals surface area (Å²) in [6.07, 6.45) is 1.83. The van der Waals surface area contributed by atoms with E-state index in [0.29, 0.717) is 13.2 Å². The van der Waals surface area contributed by atoms with E-state index < -0.39 is 9.84 Å². The second-order valence-corrected chi connectivity index (χ2v) is 5.83. The zero-order valence-corrected chi connectivity index (χ0v) is 9.48. The summed E-state index contributed by atoms with van der Waals surface area (Å²) < 4.78 is 28.4. The van der Waals surface area contributed by atoms with Crippen molar-refractivity contribution in [2.24, 2.45) is 0 Å². The van der Waals surface area contributed by atoms with E-state index in [-0.39, 0.29) is 17.6 Å². The van der Waals surface area contributed by atoms with Gasteiger partial charge in [0, 0.05) is 13.2 Å². The smallest absolute Gasteiger partial charge is 0.154 e. The van der Waals surface area contributed by atoms with Gasteiger partial charge < -0.3 is 10.1 Å². The second kappa shape index (κ2) is 5.68. The Balaban J connectivity index is 2.26. The molecule has 1 aliphatic heterocycles. The zero-order chi connectivity index (χ0) is 10.4. The predicted octanol–water partition coefficient (Wildman–Crippen LogP) is 0.190. The summed E-state index contributed by atoms with van der Waals surface area (Å²) in [6.45, 7) is 4.04. The van der Waals surface area contributed by atoms with Crippen LogP contribution in [0.5, 0.6) is 0 Å². The molecule has 4 nitrogen and oxygen atoms in total. The third kappa shape index (κ3) is 4.39. The van der Waals surface area contributed by atoms with Crippen LogP contribution < -0.4 is 5.32 Å². The molecule has 0 radical (unpaired) electrons. The molecule has 0 aromatic rings. The molecule has 1 atom stereocenters. The third-order valence-corrected chi connectivity index (χ3v) is 4.01. The highest BCUT2D eigenvalue weighted by Crippen LogP contribution is 2.13. The maximum Gasteiger partial charge on any atom is 0.154 e. The van der Waals surface area contributed by atoms with Gasteiger partial charge in [-0.1, -0.05) is 6.92 Å². The van der Waals surface area contributed by atoms with Gasteiger partial charge in [0.1, 0.15) is 0 Å². The normalized spacial score (nSPS) is 22.8. The van der Waals surface area contributed by atoms with Crippen molar-refractivity contribution in [3.63, 3.8) is 0 Å². The van der Waals surface area contributed by atoms with Crippen LogP contribution in [0.15, 0.2) is 0 Å². The Morgan fingerprint density at radius 3 is 2.86 bits per heavy atom. The molecular formula is C9H19NO3S. The molecule has 1 N–H and O–H groups in total. The summed E-state index contributed by atoms with van der Waals surface area (Å²) in [7, 11) is -2.92. The molecule has 1 heterocycles. The van der Waals surface area contributed by atoms with Gasteiger partial charge in [0.15, 0.2) is 9.84 Å². The van der Waals surface area contributed by atoms with E-state index in [0.717, 1.165) is 19.4 Å². The van der Waals surface area contributed by atoms with Crippen LogP contribution in [0.4, 0.5) is 0 Å². The first-order chi connectivity index (χ1) is 6.64. The topological polar surface area (TPSA) is 55.4 Å². The maximum absolute atomic E-state index is 11.5. The molecule has 84 valence electrons. The van der Waals surface area contributed by atoms with Crippen LogP contribution in [-0.2, 0) is 14.6 Å². The van der Waals surface area contributed by atoms with Gasteiger partial charge in [0.2, 0.25) is 0 Å². The van der Waals surface area contributed by atoms with E-state index in [1.165, 1.54) is 0 Å². The Bertz CT molecular complexity index is 245. The van der Waals surface area contributed by atoms with E-state index in [2.05, 4.69) is 5.32 Å². The molecule has 1 rings (SSSR count). The number of nitrogens with one attached hydrogen (secondary N) is 1. The van der Waals surface area contributed by atoms with E-state index in [9.17, 15) is 8.42 Å². The van der Waals surface area contributed by atoms with Gasteiger partial charge in [0.05, 0.1) is 17.6 Å². The summed E-state index contributed by atoms with van der Waals surface area (Å²) in [5.41, 5.74) is 0. The average Bonchev–Trinajstić information content (AvgIpc) is 2.56. The highest BCUT2D eigenvalue weighted by atomic mass is 32.2. The molecule has 0 aromatic carbocycles. The zero-order valence-electron chi connectivity index (χ0n) is 8.66. The Morgan fingerprint density at radius 1 is 1.50 bits per heavy atom. The number of ether oxygens (including phenoxy) is 1. The van der Waals surface area contributed by atoms with Gasteiger partial charge in [-0.15, -0.1) is 0 Å². The molecule has 0 aliphatic carbocycles. The van der Waals surface area contributed by atoms with Crippen LogP contribution in [0, 0.1) is 0 Å². The molecule has 1 unspecified atom stereocenters. The minimum Gasteiger partial charge on any atom is -0.377 e. The monoisotopic (exact) mass is 221 g/mol. The summed E-state index contributed by atoms with van der Waals surface area (Å²) >= 11 is 0. The number of hydrogen-bond acceptors (Lipinski definition) is 4. The molecule has 0 spiro atoms. The lowest BCUT2D eigenvalue weighted by atomic mass is 10.3. The van der Waals surface area contributed by atoms with Crippen molar-refractivity contribution in [2.75, 3.05) is 31.2 Å². The number of rotatable bonds is 6. The van der Waals surface area contributed by atoms with E-state index >= 15 is 0 Å². The van der Waals surface area contributed by atoms with Crippen LogP contribution in [0.1, 0.15) is 19.8 Å². The number of sulfone groups is 1. The Hall–Kier alpha value is -0.130. The molecule has 1 saturated heterocycles. The van der Waals surface area contributed by atoms with Crippen molar-refractivity contribution >= 4 is 9.84 Å². The van der Waals surface area contributed by atoms with Crippen LogP contribution >= 0.6 is 0 Å². The first kappa shape index (κ1) is 11.9. The van der Waals surface area contributed by atoms with Crippen molar-refractivity contribution in [1.82, 2.24) is 5.32 Å². The molecular weight excluding hydrogens is 202 g/mol. The summed E-state index contributed by atoms with van der Waals surface area (Å²) in [6, 6.07) is 0. The summed E-state index contributed by atoms with van der Waals surface area (Å²) in [4.78, 5) is 0. The molecule has 5 heteroatoms. The summed E-state index contributed by atoms with van der Waals surface area (Å²) in [5.74, 6) is 0.416. The number of hydrogen-bond donors (Lipinski definition) is 1.